The van der Waals surface area contributed by atoms with Gasteiger partial charge in [0.05, 0.1) is 9.82 Å². The third-order valence-corrected chi connectivity index (χ3v) is 8.01. The molecule has 36 heavy (non-hydrogen) atoms. The SMILES string of the molecule is O=C(CN(c1ccccc1[N+](=O)[O-])S(=O)(=O)c1ccccc1)NN=C1CCCCCCCCCCC1. The molecule has 9 nitrogen and oxygen atoms in total. The molecule has 1 aliphatic carbocycles. The van der Waals surface area contributed by atoms with E-state index in [-0.39, 0.29) is 10.6 Å². The fourth-order valence-electron chi connectivity index (χ4n) is 4.29. The van der Waals surface area contributed by atoms with Gasteiger partial charge in [-0.3, -0.25) is 14.9 Å². The zero-order valence-electron chi connectivity index (χ0n) is 20.5. The first kappa shape index (κ1) is 27.3. The van der Waals surface area contributed by atoms with Gasteiger partial charge in [-0.25, -0.2) is 18.1 Å². The number of nitro benzene ring substituents is 1. The summed E-state index contributed by atoms with van der Waals surface area (Å²) in [6, 6.07) is 13.0. The quantitative estimate of drug-likeness (QED) is 0.382. The molecule has 1 aliphatic rings. The lowest BCUT2D eigenvalue weighted by Crippen LogP contribution is -2.40. The Morgan fingerprint density at radius 3 is 1.97 bits per heavy atom. The number of anilines is 1. The van der Waals surface area contributed by atoms with Gasteiger partial charge in [0.15, 0.2) is 0 Å². The highest BCUT2D eigenvalue weighted by Gasteiger charge is 2.31. The summed E-state index contributed by atoms with van der Waals surface area (Å²) in [6.07, 6.45) is 12.0. The van der Waals surface area contributed by atoms with Crippen molar-refractivity contribution >= 4 is 33.0 Å². The van der Waals surface area contributed by atoms with E-state index in [4.69, 9.17) is 0 Å². The van der Waals surface area contributed by atoms with E-state index in [1.165, 1.54) is 68.5 Å². The summed E-state index contributed by atoms with van der Waals surface area (Å²) < 4.78 is 27.7. The van der Waals surface area contributed by atoms with E-state index in [2.05, 4.69) is 10.5 Å². The van der Waals surface area contributed by atoms with Crippen molar-refractivity contribution in [3.05, 3.63) is 64.7 Å². The second-order valence-electron chi connectivity index (χ2n) is 8.97. The van der Waals surface area contributed by atoms with Gasteiger partial charge < -0.3 is 0 Å². The third kappa shape index (κ3) is 7.87. The molecule has 10 heteroatoms. The minimum atomic E-state index is -4.26. The molecule has 2 aromatic carbocycles. The molecule has 0 bridgehead atoms. The molecule has 0 saturated heterocycles. The molecule has 1 N–H and O–H groups in total. The zero-order valence-corrected chi connectivity index (χ0v) is 21.3. The van der Waals surface area contributed by atoms with Crippen LogP contribution in [-0.2, 0) is 14.8 Å². The van der Waals surface area contributed by atoms with Crippen LogP contribution in [0.5, 0.6) is 0 Å². The van der Waals surface area contributed by atoms with Crippen molar-refractivity contribution in [1.29, 1.82) is 0 Å². The highest BCUT2D eigenvalue weighted by molar-refractivity contribution is 7.92. The number of hydrogen-bond donors (Lipinski definition) is 1. The lowest BCUT2D eigenvalue weighted by Gasteiger charge is -2.23. The van der Waals surface area contributed by atoms with Crippen LogP contribution >= 0.6 is 0 Å². The Kier molecular flexibility index (Phi) is 10.4. The maximum Gasteiger partial charge on any atom is 0.293 e. The maximum absolute atomic E-state index is 13.5. The minimum absolute atomic E-state index is 0.0680. The monoisotopic (exact) mass is 514 g/mol. The number of carbonyl (C=O) groups is 1. The summed E-state index contributed by atoms with van der Waals surface area (Å²) >= 11 is 0. The van der Waals surface area contributed by atoms with E-state index in [1.54, 1.807) is 18.2 Å². The second kappa shape index (κ2) is 13.7. The van der Waals surface area contributed by atoms with Crippen molar-refractivity contribution in [2.24, 2.45) is 5.10 Å². The molecule has 1 amide bonds. The smallest absolute Gasteiger partial charge is 0.271 e. The van der Waals surface area contributed by atoms with Gasteiger partial charge in [0.25, 0.3) is 21.6 Å². The van der Waals surface area contributed by atoms with Crippen LogP contribution in [0.15, 0.2) is 64.6 Å². The van der Waals surface area contributed by atoms with Gasteiger partial charge in [0.2, 0.25) is 0 Å². The number of para-hydroxylation sites is 2. The summed E-state index contributed by atoms with van der Waals surface area (Å²) in [4.78, 5) is 23.8. The molecule has 3 rings (SSSR count). The van der Waals surface area contributed by atoms with Gasteiger partial charge in [-0.05, 0) is 43.9 Å². The van der Waals surface area contributed by atoms with Crippen LogP contribution < -0.4 is 9.73 Å². The molecule has 2 aromatic rings. The first-order valence-electron chi connectivity index (χ1n) is 12.5. The molecule has 0 heterocycles. The molecule has 0 spiro atoms. The molecule has 0 atom stereocenters. The van der Waals surface area contributed by atoms with Crippen molar-refractivity contribution < 1.29 is 18.1 Å². The van der Waals surface area contributed by atoms with Gasteiger partial charge in [0.1, 0.15) is 12.2 Å². The summed E-state index contributed by atoms with van der Waals surface area (Å²) in [5, 5.41) is 16.0. The number of hydrogen-bond acceptors (Lipinski definition) is 6. The van der Waals surface area contributed by atoms with Crippen LogP contribution in [0.1, 0.15) is 70.6 Å². The van der Waals surface area contributed by atoms with E-state index >= 15 is 0 Å². The Morgan fingerprint density at radius 2 is 1.39 bits per heavy atom. The first-order chi connectivity index (χ1) is 17.4. The lowest BCUT2D eigenvalue weighted by molar-refractivity contribution is -0.384. The highest BCUT2D eigenvalue weighted by Crippen LogP contribution is 2.32. The minimum Gasteiger partial charge on any atom is -0.271 e. The molecule has 0 radical (unpaired) electrons. The van der Waals surface area contributed by atoms with Gasteiger partial charge in [-0.15, -0.1) is 0 Å². The summed E-state index contributed by atoms with van der Waals surface area (Å²) in [6.45, 7) is -0.640. The van der Waals surface area contributed by atoms with E-state index in [0.29, 0.717) is 0 Å². The topological polar surface area (TPSA) is 122 Å². The fourth-order valence-corrected chi connectivity index (χ4v) is 5.74. The lowest BCUT2D eigenvalue weighted by atomic mass is 10.00. The van der Waals surface area contributed by atoms with Gasteiger partial charge in [-0.1, -0.05) is 75.3 Å². The summed E-state index contributed by atoms with van der Waals surface area (Å²) in [5.74, 6) is -0.661. The molecular formula is C26H34N4O5S. The zero-order chi connectivity index (χ0) is 25.8. The normalized spacial score (nSPS) is 15.7. The second-order valence-corrected chi connectivity index (χ2v) is 10.8. The van der Waals surface area contributed by atoms with Crippen LogP contribution in [0.3, 0.4) is 0 Å². The van der Waals surface area contributed by atoms with Crippen molar-refractivity contribution in [1.82, 2.24) is 5.43 Å². The highest BCUT2D eigenvalue weighted by atomic mass is 32.2. The average molecular weight is 515 g/mol. The Labute approximate surface area is 212 Å². The third-order valence-electron chi connectivity index (χ3n) is 6.23. The number of nitrogens with one attached hydrogen (secondary N) is 1. The summed E-state index contributed by atoms with van der Waals surface area (Å²) in [7, 11) is -4.26. The standard InChI is InChI=1S/C26H34N4O5S/c31-26(28-27-22-15-9-6-4-2-1-3-5-7-10-16-22)21-29(24-19-13-14-20-25(24)30(32)33)36(34,35)23-17-11-8-12-18-23/h8,11-14,17-20H,1-7,9-10,15-16,21H2,(H,28,31). The molecule has 0 aliphatic heterocycles. The number of hydrazone groups is 1. The van der Waals surface area contributed by atoms with Crippen molar-refractivity contribution in [3.8, 4) is 0 Å². The number of nitro groups is 1. The van der Waals surface area contributed by atoms with Crippen LogP contribution in [-0.4, -0.2) is 31.5 Å². The van der Waals surface area contributed by atoms with E-state index in [9.17, 15) is 23.3 Å². The number of benzene rings is 2. The Morgan fingerprint density at radius 1 is 0.861 bits per heavy atom. The van der Waals surface area contributed by atoms with Gasteiger partial charge in [0, 0.05) is 11.8 Å². The van der Waals surface area contributed by atoms with Crippen molar-refractivity contribution in [2.75, 3.05) is 10.8 Å². The molecule has 1 saturated carbocycles. The van der Waals surface area contributed by atoms with Crippen LogP contribution in [0.4, 0.5) is 11.4 Å². The van der Waals surface area contributed by atoms with Crippen LogP contribution in [0.2, 0.25) is 0 Å². The Hall–Kier alpha value is -3.27. The predicted octanol–water partition coefficient (Wildman–Crippen LogP) is 5.57. The van der Waals surface area contributed by atoms with Crippen molar-refractivity contribution in [3.63, 3.8) is 0 Å². The van der Waals surface area contributed by atoms with Crippen LogP contribution in [0, 0.1) is 10.1 Å². The van der Waals surface area contributed by atoms with E-state index < -0.39 is 33.1 Å². The van der Waals surface area contributed by atoms with E-state index in [0.717, 1.165) is 48.5 Å². The fraction of sp³-hybridized carbons (Fsp3) is 0.462. The van der Waals surface area contributed by atoms with Crippen molar-refractivity contribution in [2.45, 2.75) is 75.5 Å². The number of nitrogens with zero attached hydrogens (tertiary/aromatic N) is 3. The van der Waals surface area contributed by atoms with E-state index in [1.807, 2.05) is 0 Å². The largest absolute Gasteiger partial charge is 0.293 e. The molecular weight excluding hydrogens is 480 g/mol. The summed E-state index contributed by atoms with van der Waals surface area (Å²) in [5.41, 5.74) is 2.82. The molecule has 0 aromatic heterocycles. The maximum atomic E-state index is 13.5. The van der Waals surface area contributed by atoms with Gasteiger partial charge >= 0.3 is 0 Å². The number of amides is 1. The number of carbonyl (C=O) groups excluding carboxylic acids is 1. The molecule has 0 unspecified atom stereocenters. The number of rotatable bonds is 7. The molecule has 194 valence electrons. The Balaban J connectivity index is 1.82. The van der Waals surface area contributed by atoms with Crippen LogP contribution in [0.25, 0.3) is 0 Å². The average Bonchev–Trinajstić information content (AvgIpc) is 2.87. The first-order valence-corrected chi connectivity index (χ1v) is 14.0. The molecule has 1 fully saturated rings. The Bertz CT molecular complexity index is 1140. The predicted molar refractivity (Wildman–Crippen MR) is 140 cm³/mol. The number of sulfonamides is 1. The van der Waals surface area contributed by atoms with Gasteiger partial charge in [-0.2, -0.15) is 5.10 Å².